The van der Waals surface area contributed by atoms with E-state index in [0.29, 0.717) is 22.1 Å². The van der Waals surface area contributed by atoms with E-state index in [4.69, 9.17) is 16.3 Å². The van der Waals surface area contributed by atoms with Crippen molar-refractivity contribution in [3.8, 4) is 0 Å². The third-order valence-electron chi connectivity index (χ3n) is 3.36. The fourth-order valence-corrected chi connectivity index (χ4v) is 4.33. The molecule has 0 atom stereocenters. The molecule has 2 rings (SSSR count). The molecule has 0 unspecified atom stereocenters. The van der Waals surface area contributed by atoms with Crippen LogP contribution in [-0.4, -0.2) is 31.6 Å². The summed E-state index contributed by atoms with van der Waals surface area (Å²) in [5.74, 6) is 0. The largest absolute Gasteiger partial charge is 0.363 e. The number of aryl methyl sites for hydroxylation is 2. The Balaban J connectivity index is 2.55. The van der Waals surface area contributed by atoms with Crippen LogP contribution in [0.25, 0.3) is 0 Å². The number of halogens is 1. The lowest BCUT2D eigenvalue weighted by atomic mass is 10.1. The molecule has 106 valence electrons. The smallest absolute Gasteiger partial charge is 0.245 e. The van der Waals surface area contributed by atoms with E-state index < -0.39 is 15.6 Å². The van der Waals surface area contributed by atoms with Gasteiger partial charge in [0.2, 0.25) is 10.0 Å². The Hall–Kier alpha value is -0.620. The summed E-state index contributed by atoms with van der Waals surface area (Å²) in [7, 11) is -3.57. The molecular weight excluding hydrogens is 286 g/mol. The Labute approximate surface area is 119 Å². The van der Waals surface area contributed by atoms with Crippen molar-refractivity contribution in [3.05, 3.63) is 28.3 Å². The Kier molecular flexibility index (Phi) is 3.68. The molecule has 1 fully saturated rings. The zero-order valence-corrected chi connectivity index (χ0v) is 13.1. The molecule has 19 heavy (non-hydrogen) atoms. The van der Waals surface area contributed by atoms with E-state index in [2.05, 4.69) is 0 Å². The lowest BCUT2D eigenvalue weighted by Gasteiger charge is -2.28. The summed E-state index contributed by atoms with van der Waals surface area (Å²) in [4.78, 5) is 0.299. The van der Waals surface area contributed by atoms with E-state index in [-0.39, 0.29) is 6.73 Å². The van der Waals surface area contributed by atoms with E-state index in [1.54, 1.807) is 26.0 Å². The second-order valence-corrected chi connectivity index (χ2v) is 7.75. The van der Waals surface area contributed by atoms with E-state index in [9.17, 15) is 8.42 Å². The minimum atomic E-state index is -3.57. The SMILES string of the molecule is Cc1cc(S(=O)(=O)N2COCC2(C)C)c(C)cc1Cl. The van der Waals surface area contributed by atoms with Gasteiger partial charge in [0.25, 0.3) is 0 Å². The fourth-order valence-electron chi connectivity index (χ4n) is 2.17. The predicted molar refractivity (Wildman–Crippen MR) is 74.8 cm³/mol. The fraction of sp³-hybridized carbons (Fsp3) is 0.538. The van der Waals surface area contributed by atoms with Crippen LogP contribution in [-0.2, 0) is 14.8 Å². The third kappa shape index (κ3) is 2.52. The number of rotatable bonds is 2. The molecule has 0 aliphatic carbocycles. The molecule has 0 aromatic heterocycles. The van der Waals surface area contributed by atoms with Crippen molar-refractivity contribution in [1.29, 1.82) is 0 Å². The van der Waals surface area contributed by atoms with E-state index in [1.807, 2.05) is 13.8 Å². The lowest BCUT2D eigenvalue weighted by molar-refractivity contribution is 0.171. The number of nitrogens with zero attached hydrogens (tertiary/aromatic N) is 1. The monoisotopic (exact) mass is 303 g/mol. The van der Waals surface area contributed by atoms with Crippen molar-refractivity contribution in [3.63, 3.8) is 0 Å². The Morgan fingerprint density at radius 2 is 1.89 bits per heavy atom. The van der Waals surface area contributed by atoms with Crippen LogP contribution in [0.1, 0.15) is 25.0 Å². The lowest BCUT2D eigenvalue weighted by Crippen LogP contribution is -2.44. The highest BCUT2D eigenvalue weighted by atomic mass is 35.5. The molecule has 6 heteroatoms. The predicted octanol–water partition coefficient (Wildman–Crippen LogP) is 2.71. The van der Waals surface area contributed by atoms with Gasteiger partial charge in [0.1, 0.15) is 6.73 Å². The van der Waals surface area contributed by atoms with Gasteiger partial charge in [-0.1, -0.05) is 11.6 Å². The molecule has 0 amide bonds. The molecule has 0 spiro atoms. The number of benzene rings is 1. The summed E-state index contributed by atoms with van der Waals surface area (Å²) < 4.78 is 32.2. The summed E-state index contributed by atoms with van der Waals surface area (Å²) in [6.45, 7) is 7.76. The van der Waals surface area contributed by atoms with Gasteiger partial charge in [-0.25, -0.2) is 8.42 Å². The molecule has 1 saturated heterocycles. The summed E-state index contributed by atoms with van der Waals surface area (Å²) in [6.07, 6.45) is 0. The first-order chi connectivity index (χ1) is 8.66. The molecule has 1 aromatic rings. The Morgan fingerprint density at radius 3 is 2.42 bits per heavy atom. The molecule has 1 aliphatic heterocycles. The molecular formula is C13H18ClNO3S. The van der Waals surface area contributed by atoms with Crippen LogP contribution in [0.15, 0.2) is 17.0 Å². The molecule has 1 aliphatic rings. The molecule has 0 bridgehead atoms. The first-order valence-corrected chi connectivity index (χ1v) is 7.85. The average molecular weight is 304 g/mol. The Morgan fingerprint density at radius 1 is 1.26 bits per heavy atom. The summed E-state index contributed by atoms with van der Waals surface area (Å²) in [5, 5.41) is 0.577. The van der Waals surface area contributed by atoms with E-state index >= 15 is 0 Å². The van der Waals surface area contributed by atoms with Gasteiger partial charge in [0, 0.05) is 5.02 Å². The van der Waals surface area contributed by atoms with Crippen molar-refractivity contribution >= 4 is 21.6 Å². The summed E-state index contributed by atoms with van der Waals surface area (Å²) in [5.41, 5.74) is 0.876. The van der Waals surface area contributed by atoms with Gasteiger partial charge in [-0.05, 0) is 51.0 Å². The first-order valence-electron chi connectivity index (χ1n) is 6.03. The molecule has 1 aromatic carbocycles. The third-order valence-corrected chi connectivity index (χ3v) is 5.95. The number of sulfonamides is 1. The van der Waals surface area contributed by atoms with Gasteiger partial charge in [-0.3, -0.25) is 0 Å². The standard InChI is InChI=1S/C13H18ClNO3S/c1-9-6-12(10(2)5-11(9)14)19(16,17)15-8-18-7-13(15,3)4/h5-6H,7-8H2,1-4H3. The van der Waals surface area contributed by atoms with Gasteiger partial charge >= 0.3 is 0 Å². The van der Waals surface area contributed by atoms with E-state index in [1.165, 1.54) is 4.31 Å². The van der Waals surface area contributed by atoms with Crippen LogP contribution >= 0.6 is 11.6 Å². The zero-order valence-electron chi connectivity index (χ0n) is 11.5. The molecule has 0 saturated carbocycles. The van der Waals surface area contributed by atoms with Crippen molar-refractivity contribution in [2.75, 3.05) is 13.3 Å². The van der Waals surface area contributed by atoms with E-state index in [0.717, 1.165) is 5.56 Å². The number of hydrogen-bond donors (Lipinski definition) is 0. The molecule has 0 radical (unpaired) electrons. The average Bonchev–Trinajstić information content (AvgIpc) is 2.63. The van der Waals surface area contributed by atoms with Gasteiger partial charge in [-0.2, -0.15) is 4.31 Å². The highest BCUT2D eigenvalue weighted by Gasteiger charge is 2.42. The van der Waals surface area contributed by atoms with Crippen molar-refractivity contribution in [1.82, 2.24) is 4.31 Å². The number of ether oxygens (including phenoxy) is 1. The second kappa shape index (κ2) is 4.74. The maximum atomic E-state index is 12.7. The topological polar surface area (TPSA) is 46.6 Å². The van der Waals surface area contributed by atoms with Gasteiger partial charge in [0.15, 0.2) is 0 Å². The second-order valence-electron chi connectivity index (χ2n) is 5.51. The minimum absolute atomic E-state index is 0.0937. The molecule has 0 N–H and O–H groups in total. The van der Waals surface area contributed by atoms with Crippen LogP contribution in [0.4, 0.5) is 0 Å². The van der Waals surface area contributed by atoms with Crippen molar-refractivity contribution < 1.29 is 13.2 Å². The van der Waals surface area contributed by atoms with Gasteiger partial charge in [0.05, 0.1) is 17.0 Å². The quantitative estimate of drug-likeness (QED) is 0.844. The van der Waals surface area contributed by atoms with Crippen LogP contribution in [0.3, 0.4) is 0 Å². The van der Waals surface area contributed by atoms with Crippen LogP contribution in [0, 0.1) is 13.8 Å². The van der Waals surface area contributed by atoms with Crippen LogP contribution in [0.5, 0.6) is 0 Å². The van der Waals surface area contributed by atoms with Crippen molar-refractivity contribution in [2.45, 2.75) is 38.1 Å². The van der Waals surface area contributed by atoms with Gasteiger partial charge in [-0.15, -0.1) is 0 Å². The van der Waals surface area contributed by atoms with Crippen LogP contribution in [0.2, 0.25) is 5.02 Å². The zero-order chi connectivity index (χ0) is 14.4. The number of hydrogen-bond acceptors (Lipinski definition) is 3. The molecule has 4 nitrogen and oxygen atoms in total. The Bertz CT molecular complexity index is 611. The van der Waals surface area contributed by atoms with Gasteiger partial charge < -0.3 is 4.74 Å². The molecule has 1 heterocycles. The summed E-state index contributed by atoms with van der Waals surface area (Å²) >= 11 is 6.02. The maximum absolute atomic E-state index is 12.7. The highest BCUT2D eigenvalue weighted by molar-refractivity contribution is 7.89. The maximum Gasteiger partial charge on any atom is 0.245 e. The van der Waals surface area contributed by atoms with Crippen molar-refractivity contribution in [2.24, 2.45) is 0 Å². The minimum Gasteiger partial charge on any atom is -0.363 e. The normalized spacial score (nSPS) is 19.8. The first kappa shape index (κ1) is 14.8. The highest BCUT2D eigenvalue weighted by Crippen LogP contribution is 2.32. The summed E-state index contributed by atoms with van der Waals surface area (Å²) in [6, 6.07) is 3.31. The van der Waals surface area contributed by atoms with Crippen LogP contribution < -0.4 is 0 Å².